The lowest BCUT2D eigenvalue weighted by Crippen LogP contribution is -2.54. The third-order valence-corrected chi connectivity index (χ3v) is 6.34. The summed E-state index contributed by atoms with van der Waals surface area (Å²) < 4.78 is 23.8. The van der Waals surface area contributed by atoms with Crippen molar-refractivity contribution < 1.29 is 8.42 Å². The van der Waals surface area contributed by atoms with Gasteiger partial charge in [0, 0.05) is 30.9 Å². The SMILES string of the molecule is CC(N)(CN1CCSCC1S(C)(=O)=O)c1ccccc1. The van der Waals surface area contributed by atoms with E-state index in [9.17, 15) is 8.42 Å². The lowest BCUT2D eigenvalue weighted by molar-refractivity contribution is 0.214. The van der Waals surface area contributed by atoms with Crippen molar-refractivity contribution >= 4 is 21.6 Å². The predicted molar refractivity (Wildman–Crippen MR) is 85.5 cm³/mol. The van der Waals surface area contributed by atoms with Crippen molar-refractivity contribution in [3.8, 4) is 0 Å². The molecule has 2 atom stereocenters. The van der Waals surface area contributed by atoms with E-state index >= 15 is 0 Å². The van der Waals surface area contributed by atoms with E-state index in [-0.39, 0.29) is 0 Å². The van der Waals surface area contributed by atoms with Crippen LogP contribution in [0.3, 0.4) is 0 Å². The lowest BCUT2D eigenvalue weighted by Gasteiger charge is -2.39. The van der Waals surface area contributed by atoms with E-state index in [1.165, 1.54) is 6.26 Å². The summed E-state index contributed by atoms with van der Waals surface area (Å²) in [7, 11) is -3.08. The highest BCUT2D eigenvalue weighted by molar-refractivity contribution is 8.00. The lowest BCUT2D eigenvalue weighted by atomic mass is 9.92. The van der Waals surface area contributed by atoms with Crippen LogP contribution in [-0.4, -0.2) is 49.5 Å². The summed E-state index contributed by atoms with van der Waals surface area (Å²) in [5, 5.41) is -0.423. The first-order valence-electron chi connectivity index (χ1n) is 6.66. The molecule has 0 saturated carbocycles. The molecular weight excluding hydrogens is 292 g/mol. The number of rotatable bonds is 4. The third kappa shape index (κ3) is 3.75. The molecular formula is C14H22N2O2S2. The Morgan fingerprint density at radius 2 is 2.05 bits per heavy atom. The molecule has 0 amide bonds. The molecule has 1 aliphatic heterocycles. The minimum Gasteiger partial charge on any atom is -0.321 e. The van der Waals surface area contributed by atoms with E-state index in [1.54, 1.807) is 11.8 Å². The van der Waals surface area contributed by atoms with Crippen LogP contribution in [0.25, 0.3) is 0 Å². The summed E-state index contributed by atoms with van der Waals surface area (Å²) in [5.74, 6) is 1.58. The number of sulfone groups is 1. The number of nitrogens with zero attached hydrogens (tertiary/aromatic N) is 1. The Bertz CT molecular complexity index is 544. The molecule has 1 fully saturated rings. The minimum atomic E-state index is -3.08. The van der Waals surface area contributed by atoms with Gasteiger partial charge in [-0.05, 0) is 12.5 Å². The van der Waals surface area contributed by atoms with E-state index < -0.39 is 20.8 Å². The Morgan fingerprint density at radius 3 is 2.65 bits per heavy atom. The Balaban J connectivity index is 2.18. The average molecular weight is 314 g/mol. The maximum Gasteiger partial charge on any atom is 0.164 e. The van der Waals surface area contributed by atoms with Crippen LogP contribution in [-0.2, 0) is 15.4 Å². The number of benzene rings is 1. The standard InChI is InChI=1S/C14H22N2O2S2/c1-14(15,12-6-4-3-5-7-12)11-16-8-9-19-10-13(16)20(2,17)18/h3-7,13H,8-11,15H2,1-2H3. The summed E-state index contributed by atoms with van der Waals surface area (Å²) in [6.45, 7) is 3.28. The number of nitrogens with two attached hydrogens (primary N) is 1. The average Bonchev–Trinajstić information content (AvgIpc) is 2.39. The molecule has 1 saturated heterocycles. The second kappa shape index (κ2) is 6.05. The summed E-state index contributed by atoms with van der Waals surface area (Å²) in [5.41, 5.74) is 6.91. The van der Waals surface area contributed by atoms with Gasteiger partial charge in [0.05, 0.1) is 5.54 Å². The molecule has 0 aliphatic carbocycles. The molecule has 2 unspecified atom stereocenters. The quantitative estimate of drug-likeness (QED) is 0.907. The van der Waals surface area contributed by atoms with Crippen molar-refractivity contribution in [3.05, 3.63) is 35.9 Å². The topological polar surface area (TPSA) is 63.4 Å². The van der Waals surface area contributed by atoms with Crippen molar-refractivity contribution in [1.82, 2.24) is 4.90 Å². The molecule has 2 N–H and O–H groups in total. The van der Waals surface area contributed by atoms with Crippen LogP contribution < -0.4 is 5.73 Å². The molecule has 0 radical (unpaired) electrons. The first-order chi connectivity index (χ1) is 9.31. The first-order valence-corrected chi connectivity index (χ1v) is 9.77. The zero-order valence-corrected chi connectivity index (χ0v) is 13.6. The highest BCUT2D eigenvalue weighted by Gasteiger charge is 2.35. The van der Waals surface area contributed by atoms with Crippen molar-refractivity contribution in [1.29, 1.82) is 0 Å². The Hall–Kier alpha value is -0.560. The fourth-order valence-corrected chi connectivity index (χ4v) is 5.46. The molecule has 1 aromatic rings. The van der Waals surface area contributed by atoms with Gasteiger partial charge in [0.1, 0.15) is 5.37 Å². The van der Waals surface area contributed by atoms with Gasteiger partial charge in [-0.3, -0.25) is 4.90 Å². The fraction of sp³-hybridized carbons (Fsp3) is 0.571. The van der Waals surface area contributed by atoms with Crippen LogP contribution in [0.15, 0.2) is 30.3 Å². The number of hydrogen-bond donors (Lipinski definition) is 1. The first kappa shape index (κ1) is 15.8. The predicted octanol–water partition coefficient (Wildman–Crippen LogP) is 1.28. The van der Waals surface area contributed by atoms with E-state index in [0.29, 0.717) is 12.3 Å². The van der Waals surface area contributed by atoms with Gasteiger partial charge >= 0.3 is 0 Å². The van der Waals surface area contributed by atoms with E-state index in [2.05, 4.69) is 0 Å². The van der Waals surface area contributed by atoms with Crippen LogP contribution in [0.2, 0.25) is 0 Å². The van der Waals surface area contributed by atoms with E-state index in [0.717, 1.165) is 17.9 Å². The van der Waals surface area contributed by atoms with Crippen LogP contribution in [0, 0.1) is 0 Å². The van der Waals surface area contributed by atoms with Crippen LogP contribution in [0.5, 0.6) is 0 Å². The molecule has 1 aliphatic rings. The van der Waals surface area contributed by atoms with Gasteiger partial charge < -0.3 is 5.73 Å². The van der Waals surface area contributed by atoms with Gasteiger partial charge in [0.25, 0.3) is 0 Å². The van der Waals surface area contributed by atoms with Crippen molar-refractivity contribution in [2.45, 2.75) is 17.8 Å². The summed E-state index contributed by atoms with van der Waals surface area (Å²) in [6.07, 6.45) is 1.31. The second-order valence-corrected chi connectivity index (χ2v) is 8.97. The van der Waals surface area contributed by atoms with E-state index in [1.807, 2.05) is 42.2 Å². The Kier molecular flexibility index (Phi) is 4.79. The summed E-state index contributed by atoms with van der Waals surface area (Å²) >= 11 is 1.69. The molecule has 4 nitrogen and oxygen atoms in total. The normalized spacial score (nSPS) is 24.2. The van der Waals surface area contributed by atoms with Crippen molar-refractivity contribution in [3.63, 3.8) is 0 Å². The summed E-state index contributed by atoms with van der Waals surface area (Å²) in [4.78, 5) is 2.01. The zero-order valence-electron chi connectivity index (χ0n) is 12.0. The smallest absolute Gasteiger partial charge is 0.164 e. The number of thioether (sulfide) groups is 1. The molecule has 1 heterocycles. The zero-order chi connectivity index (χ0) is 14.8. The molecule has 6 heteroatoms. The highest BCUT2D eigenvalue weighted by atomic mass is 32.2. The molecule has 0 bridgehead atoms. The van der Waals surface area contributed by atoms with Gasteiger partial charge in [-0.15, -0.1) is 0 Å². The number of hydrogen-bond acceptors (Lipinski definition) is 5. The van der Waals surface area contributed by atoms with Gasteiger partial charge in [0.15, 0.2) is 9.84 Å². The molecule has 112 valence electrons. The second-order valence-electron chi connectivity index (χ2n) is 5.61. The van der Waals surface area contributed by atoms with Crippen molar-refractivity contribution in [2.24, 2.45) is 5.73 Å². The van der Waals surface area contributed by atoms with Crippen LogP contribution in [0.1, 0.15) is 12.5 Å². The molecule has 1 aromatic carbocycles. The van der Waals surface area contributed by atoms with Gasteiger partial charge in [-0.25, -0.2) is 8.42 Å². The molecule has 0 aromatic heterocycles. The van der Waals surface area contributed by atoms with Crippen LogP contribution >= 0.6 is 11.8 Å². The highest BCUT2D eigenvalue weighted by Crippen LogP contribution is 2.25. The van der Waals surface area contributed by atoms with E-state index in [4.69, 9.17) is 5.73 Å². The molecule has 20 heavy (non-hydrogen) atoms. The van der Waals surface area contributed by atoms with Crippen molar-refractivity contribution in [2.75, 3.05) is 30.9 Å². The minimum absolute atomic E-state index is 0.423. The maximum absolute atomic E-state index is 11.9. The maximum atomic E-state index is 11.9. The van der Waals surface area contributed by atoms with Gasteiger partial charge in [0.2, 0.25) is 0 Å². The van der Waals surface area contributed by atoms with Gasteiger partial charge in [-0.2, -0.15) is 11.8 Å². The Labute approximate surface area is 125 Å². The largest absolute Gasteiger partial charge is 0.321 e. The van der Waals surface area contributed by atoms with Crippen LogP contribution in [0.4, 0.5) is 0 Å². The van der Waals surface area contributed by atoms with Gasteiger partial charge in [-0.1, -0.05) is 30.3 Å². The third-order valence-electron chi connectivity index (χ3n) is 3.65. The Morgan fingerprint density at radius 1 is 1.40 bits per heavy atom. The monoisotopic (exact) mass is 314 g/mol. The summed E-state index contributed by atoms with van der Waals surface area (Å²) in [6, 6.07) is 9.86. The molecule has 0 spiro atoms. The molecule has 2 rings (SSSR count). The fourth-order valence-electron chi connectivity index (χ4n) is 2.52.